The average Bonchev–Trinajstić information content (AvgIpc) is 3.59. The number of amides is 3. The molecule has 3 amide bonds. The van der Waals surface area contributed by atoms with Crippen LogP contribution in [0.2, 0.25) is 0 Å². The zero-order chi connectivity index (χ0) is 30.0. The van der Waals surface area contributed by atoms with Gasteiger partial charge >= 0.3 is 12.4 Å². The van der Waals surface area contributed by atoms with Gasteiger partial charge in [0.2, 0.25) is 5.91 Å². The summed E-state index contributed by atoms with van der Waals surface area (Å²) in [5, 5.41) is 4.72. The van der Waals surface area contributed by atoms with Gasteiger partial charge in [0, 0.05) is 18.3 Å². The van der Waals surface area contributed by atoms with Crippen molar-refractivity contribution in [3.8, 4) is 22.8 Å². The highest BCUT2D eigenvalue weighted by Crippen LogP contribution is 2.33. The zero-order valence-corrected chi connectivity index (χ0v) is 23.6. The van der Waals surface area contributed by atoms with Gasteiger partial charge in [-0.15, -0.1) is 18.3 Å². The lowest BCUT2D eigenvalue weighted by atomic mass is 10.0. The van der Waals surface area contributed by atoms with Crippen LogP contribution in [0.1, 0.15) is 25.3 Å². The molecule has 0 aliphatic carbocycles. The van der Waals surface area contributed by atoms with Crippen molar-refractivity contribution < 1.29 is 27.5 Å². The molecule has 2 heterocycles. The molecule has 1 saturated heterocycles. The van der Waals surface area contributed by atoms with Crippen LogP contribution in [0.4, 0.5) is 29.3 Å². The van der Waals surface area contributed by atoms with Gasteiger partial charge in [0.1, 0.15) is 12.1 Å². The summed E-state index contributed by atoms with van der Waals surface area (Å²) in [5.74, 6) is 0.285. The van der Waals surface area contributed by atoms with Gasteiger partial charge in [-0.05, 0) is 66.1 Å². The fourth-order valence-electron chi connectivity index (χ4n) is 4.28. The van der Waals surface area contributed by atoms with Gasteiger partial charge in [0.15, 0.2) is 11.0 Å². The number of alkyl halides is 3. The van der Waals surface area contributed by atoms with E-state index < -0.39 is 12.4 Å². The van der Waals surface area contributed by atoms with E-state index in [0.717, 1.165) is 11.3 Å². The Balaban J connectivity index is 1.30. The predicted molar refractivity (Wildman–Crippen MR) is 155 cm³/mol. The first-order valence-corrected chi connectivity index (χ1v) is 13.8. The smallest absolute Gasteiger partial charge is 0.406 e. The molecule has 0 saturated carbocycles. The molecule has 1 aliphatic heterocycles. The van der Waals surface area contributed by atoms with Crippen molar-refractivity contribution in [3.63, 3.8) is 0 Å². The molecule has 3 aromatic carbocycles. The highest BCUT2D eigenvalue weighted by molar-refractivity contribution is 8.15. The number of carbonyl (C=O) groups excluding carboxylic acids is 2. The monoisotopic (exact) mass is 594 g/mol. The van der Waals surface area contributed by atoms with Gasteiger partial charge in [-0.25, -0.2) is 14.5 Å². The van der Waals surface area contributed by atoms with Crippen LogP contribution in [0, 0.1) is 0 Å². The van der Waals surface area contributed by atoms with Crippen molar-refractivity contribution in [2.75, 3.05) is 22.6 Å². The van der Waals surface area contributed by atoms with Crippen LogP contribution in [0.5, 0.6) is 5.75 Å². The first kappa shape index (κ1) is 28.9. The largest absolute Gasteiger partial charge is 0.573 e. The zero-order valence-electron chi connectivity index (χ0n) is 22.7. The summed E-state index contributed by atoms with van der Waals surface area (Å²) in [6, 6.07) is 19.2. The minimum Gasteiger partial charge on any atom is -0.406 e. The average molecular weight is 595 g/mol. The minimum atomic E-state index is -4.77. The molecule has 1 fully saturated rings. The standard InChI is InChI=1S/C29H25F3N6O3S/c1-18(2)23-6-4-5-7-24(23)38-25(39)16-42-28(38)34-27(40)36(3)20-10-8-19(9-11-20)26-33-17-37(35-26)21-12-14-22(15-13-21)41-29(30,31)32/h4-15,17-18H,16H2,1-3H3/b34-28-. The summed E-state index contributed by atoms with van der Waals surface area (Å²) in [6.45, 7) is 4.08. The number of aromatic nitrogens is 3. The Hall–Kier alpha value is -4.65. The second-order valence-electron chi connectivity index (χ2n) is 9.57. The fourth-order valence-corrected chi connectivity index (χ4v) is 5.14. The van der Waals surface area contributed by atoms with Crippen molar-refractivity contribution in [3.05, 3.63) is 84.7 Å². The number of nitrogens with zero attached hydrogens (tertiary/aromatic N) is 6. The number of thioether (sulfide) groups is 1. The van der Waals surface area contributed by atoms with Crippen LogP contribution in [0.3, 0.4) is 0 Å². The molecule has 0 spiro atoms. The second-order valence-corrected chi connectivity index (χ2v) is 10.5. The number of para-hydroxylation sites is 1. The third-order valence-corrected chi connectivity index (χ3v) is 7.31. The number of benzene rings is 3. The van der Waals surface area contributed by atoms with Crippen LogP contribution in [-0.4, -0.2) is 51.0 Å². The number of rotatable bonds is 6. The van der Waals surface area contributed by atoms with Crippen molar-refractivity contribution in [2.45, 2.75) is 26.1 Å². The van der Waals surface area contributed by atoms with Gasteiger partial charge < -0.3 is 4.74 Å². The number of ether oxygens (including phenoxy) is 1. The number of amidine groups is 1. The summed E-state index contributed by atoms with van der Waals surface area (Å²) in [6.07, 6.45) is -3.33. The maximum atomic E-state index is 13.1. The van der Waals surface area contributed by atoms with E-state index in [1.807, 2.05) is 38.1 Å². The van der Waals surface area contributed by atoms with Crippen molar-refractivity contribution >= 4 is 40.2 Å². The molecule has 5 rings (SSSR count). The number of hydrogen-bond acceptors (Lipinski definition) is 6. The summed E-state index contributed by atoms with van der Waals surface area (Å²) in [5.41, 5.74) is 3.43. The third kappa shape index (κ3) is 6.30. The molecule has 0 bridgehead atoms. The summed E-state index contributed by atoms with van der Waals surface area (Å²) >= 11 is 1.22. The molecule has 42 heavy (non-hydrogen) atoms. The maximum Gasteiger partial charge on any atom is 0.573 e. The second kappa shape index (κ2) is 11.7. The molecule has 9 nitrogen and oxygen atoms in total. The van der Waals surface area contributed by atoms with Crippen LogP contribution in [-0.2, 0) is 4.79 Å². The Morgan fingerprint density at radius 3 is 2.40 bits per heavy atom. The van der Waals surface area contributed by atoms with E-state index in [2.05, 4.69) is 19.8 Å². The van der Waals surface area contributed by atoms with E-state index in [4.69, 9.17) is 0 Å². The summed E-state index contributed by atoms with van der Waals surface area (Å²) < 4.78 is 42.5. The molecule has 4 aromatic rings. The lowest BCUT2D eigenvalue weighted by molar-refractivity contribution is -0.274. The molecule has 0 N–H and O–H groups in total. The molecule has 0 radical (unpaired) electrons. The van der Waals surface area contributed by atoms with Crippen LogP contribution in [0.15, 0.2) is 84.1 Å². The SMILES string of the molecule is CC(C)c1ccccc1N1C(=O)CS/C1=N\C(=O)N(C)c1ccc(-c2ncn(-c3ccc(OC(F)(F)F)cc3)n2)cc1. The lowest BCUT2D eigenvalue weighted by Crippen LogP contribution is -2.32. The molecule has 1 aromatic heterocycles. The van der Waals surface area contributed by atoms with Crippen molar-refractivity contribution in [2.24, 2.45) is 4.99 Å². The normalized spacial score (nSPS) is 14.6. The van der Waals surface area contributed by atoms with Gasteiger partial charge in [0.25, 0.3) is 0 Å². The van der Waals surface area contributed by atoms with E-state index in [-0.39, 0.29) is 23.3 Å². The molecule has 1 aliphatic rings. The van der Waals surface area contributed by atoms with E-state index in [1.165, 1.54) is 56.8 Å². The topological polar surface area (TPSA) is 92.9 Å². The Labute approximate surface area is 243 Å². The highest BCUT2D eigenvalue weighted by atomic mass is 32.2. The number of halogens is 3. The van der Waals surface area contributed by atoms with Crippen LogP contribution >= 0.6 is 11.8 Å². The fraction of sp³-hybridized carbons (Fsp3) is 0.207. The predicted octanol–water partition coefficient (Wildman–Crippen LogP) is 6.65. The van der Waals surface area contributed by atoms with Gasteiger partial charge in [-0.2, -0.15) is 4.99 Å². The minimum absolute atomic E-state index is 0.135. The van der Waals surface area contributed by atoms with E-state index in [9.17, 15) is 22.8 Å². The molecular weight excluding hydrogens is 569 g/mol. The Kier molecular flexibility index (Phi) is 8.03. The number of hydrogen-bond donors (Lipinski definition) is 0. The number of anilines is 2. The van der Waals surface area contributed by atoms with Gasteiger partial charge in [0.05, 0.1) is 17.1 Å². The van der Waals surface area contributed by atoms with Gasteiger partial charge in [-0.1, -0.05) is 43.8 Å². The number of carbonyl (C=O) groups is 2. The Bertz CT molecular complexity index is 1640. The Morgan fingerprint density at radius 1 is 1.05 bits per heavy atom. The van der Waals surface area contributed by atoms with Crippen molar-refractivity contribution in [1.29, 1.82) is 0 Å². The Morgan fingerprint density at radius 2 is 1.74 bits per heavy atom. The quantitative estimate of drug-likeness (QED) is 0.248. The van der Waals surface area contributed by atoms with E-state index in [1.54, 1.807) is 31.3 Å². The molecule has 0 atom stereocenters. The number of urea groups is 1. The van der Waals surface area contributed by atoms with Crippen molar-refractivity contribution in [1.82, 2.24) is 14.8 Å². The lowest BCUT2D eigenvalue weighted by Gasteiger charge is -2.22. The molecule has 0 unspecified atom stereocenters. The number of aliphatic imine (C=N–C) groups is 1. The molecule has 13 heteroatoms. The first-order valence-electron chi connectivity index (χ1n) is 12.8. The summed E-state index contributed by atoms with van der Waals surface area (Å²) in [4.78, 5) is 37.3. The third-order valence-electron chi connectivity index (χ3n) is 6.38. The van der Waals surface area contributed by atoms with Crippen LogP contribution < -0.4 is 14.5 Å². The molecule has 216 valence electrons. The highest BCUT2D eigenvalue weighted by Gasteiger charge is 2.33. The van der Waals surface area contributed by atoms with E-state index in [0.29, 0.717) is 27.9 Å². The van der Waals surface area contributed by atoms with Crippen LogP contribution in [0.25, 0.3) is 17.1 Å². The van der Waals surface area contributed by atoms with E-state index >= 15 is 0 Å². The first-order chi connectivity index (χ1) is 20.0. The maximum absolute atomic E-state index is 13.1. The van der Waals surface area contributed by atoms with Gasteiger partial charge in [-0.3, -0.25) is 14.6 Å². The summed E-state index contributed by atoms with van der Waals surface area (Å²) in [7, 11) is 1.59. The molecular formula is C29H25F3N6O3S.